The van der Waals surface area contributed by atoms with Gasteiger partial charge >= 0.3 is 6.18 Å². The number of rotatable bonds is 7. The number of amides is 4. The maximum absolute atomic E-state index is 15.5. The van der Waals surface area contributed by atoms with Crippen LogP contribution in [0.1, 0.15) is 67.6 Å². The van der Waals surface area contributed by atoms with Crippen molar-refractivity contribution in [3.05, 3.63) is 87.0 Å². The fourth-order valence-electron chi connectivity index (χ4n) is 10.0. The summed E-state index contributed by atoms with van der Waals surface area (Å²) in [4.78, 5) is 64.5. The van der Waals surface area contributed by atoms with Gasteiger partial charge in [-0.1, -0.05) is 66.2 Å². The van der Waals surface area contributed by atoms with Gasteiger partial charge in [0.2, 0.25) is 11.8 Å². The number of hydrazine groups is 1. The molecular formula is C40H37Cl2F3N4O7. The average Bonchev–Trinajstić information content (AvgIpc) is 3.56. The van der Waals surface area contributed by atoms with E-state index in [0.29, 0.717) is 46.8 Å². The number of nitrogens with zero attached hydrogens (tertiary/aromatic N) is 3. The van der Waals surface area contributed by atoms with Crippen LogP contribution in [0.15, 0.2) is 60.3 Å². The van der Waals surface area contributed by atoms with Crippen molar-refractivity contribution in [2.45, 2.75) is 68.5 Å². The number of fused-ring (bicyclic) bond motifs is 4. The standard InChI is InChI=1S/C40H37Cl2F3N4O7/c1-55-29-15-23(50)16-30(56-2)32(29)33-24-12-13-25-31(37(53)48(35(25)51)22-6-4-3-5-7-22)26(24)17-27-36(52)49(38(54)39(27,33)19-8-10-21(41)11-9-19)47-34-28(42)14-20(18-46-34)40(43,44)45/h8-12,14-16,18,22,25-27,31,33,50H,3-7,13,17H2,1-2H3,(H,46,47). The zero-order valence-electron chi connectivity index (χ0n) is 30.2. The van der Waals surface area contributed by atoms with Gasteiger partial charge in [0.1, 0.15) is 17.2 Å². The number of halogens is 5. The lowest BCUT2D eigenvalue weighted by molar-refractivity contribution is -0.144. The van der Waals surface area contributed by atoms with Crippen LogP contribution in [-0.4, -0.2) is 63.9 Å². The van der Waals surface area contributed by atoms with Crippen molar-refractivity contribution < 1.29 is 46.9 Å². The molecule has 1 aromatic heterocycles. The maximum atomic E-state index is 15.5. The Kier molecular flexibility index (Phi) is 9.50. The number of ether oxygens (including phenoxy) is 2. The first kappa shape index (κ1) is 38.1. The molecule has 56 heavy (non-hydrogen) atoms. The van der Waals surface area contributed by atoms with Crippen LogP contribution in [0, 0.1) is 23.7 Å². The number of anilines is 1. The molecule has 2 N–H and O–H groups in total. The Hall–Kier alpha value is -4.82. The first-order valence-corrected chi connectivity index (χ1v) is 19.1. The number of aromatic nitrogens is 1. The van der Waals surface area contributed by atoms with E-state index >= 15 is 4.79 Å². The minimum atomic E-state index is -4.76. The zero-order chi connectivity index (χ0) is 39.8. The molecule has 294 valence electrons. The van der Waals surface area contributed by atoms with Crippen LogP contribution in [0.25, 0.3) is 0 Å². The number of aromatic hydroxyl groups is 1. The predicted octanol–water partition coefficient (Wildman–Crippen LogP) is 7.45. The number of carbonyl (C=O) groups is 4. The third kappa shape index (κ3) is 5.73. The van der Waals surface area contributed by atoms with Crippen LogP contribution in [0.5, 0.6) is 17.2 Å². The molecule has 3 aliphatic carbocycles. The van der Waals surface area contributed by atoms with Crippen molar-refractivity contribution in [3.8, 4) is 17.2 Å². The highest BCUT2D eigenvalue weighted by atomic mass is 35.5. The average molecular weight is 814 g/mol. The van der Waals surface area contributed by atoms with E-state index in [0.717, 1.165) is 24.3 Å². The largest absolute Gasteiger partial charge is 0.508 e. The topological polar surface area (TPSA) is 138 Å². The molecule has 0 spiro atoms. The minimum absolute atomic E-state index is 0.0384. The first-order valence-electron chi connectivity index (χ1n) is 18.4. The van der Waals surface area contributed by atoms with E-state index in [1.165, 1.54) is 31.3 Å². The third-order valence-corrected chi connectivity index (χ3v) is 12.9. The van der Waals surface area contributed by atoms with E-state index in [1.807, 2.05) is 6.08 Å². The molecule has 0 bridgehead atoms. The molecule has 3 aromatic rings. The summed E-state index contributed by atoms with van der Waals surface area (Å²) in [5.41, 5.74) is 0.949. The number of benzene rings is 2. The van der Waals surface area contributed by atoms with Gasteiger partial charge in [0, 0.05) is 40.9 Å². The van der Waals surface area contributed by atoms with Crippen molar-refractivity contribution in [2.24, 2.45) is 23.7 Å². The number of imide groups is 2. The number of hydrogen-bond acceptors (Lipinski definition) is 9. The summed E-state index contributed by atoms with van der Waals surface area (Å²) < 4.78 is 52.3. The van der Waals surface area contributed by atoms with Crippen LogP contribution in [0.4, 0.5) is 19.0 Å². The fraction of sp³-hybridized carbons (Fsp3) is 0.425. The summed E-state index contributed by atoms with van der Waals surface area (Å²) in [6.45, 7) is 0. The summed E-state index contributed by atoms with van der Waals surface area (Å²) >= 11 is 12.7. The molecule has 3 heterocycles. The predicted molar refractivity (Wildman–Crippen MR) is 197 cm³/mol. The number of allylic oxidation sites excluding steroid dienone is 2. The molecule has 5 aliphatic rings. The summed E-state index contributed by atoms with van der Waals surface area (Å²) in [7, 11) is 2.76. The summed E-state index contributed by atoms with van der Waals surface area (Å²) in [5, 5.41) is 11.3. The monoisotopic (exact) mass is 812 g/mol. The van der Waals surface area contributed by atoms with Crippen molar-refractivity contribution >= 4 is 52.6 Å². The molecule has 11 nitrogen and oxygen atoms in total. The molecule has 16 heteroatoms. The molecule has 2 aliphatic heterocycles. The van der Waals surface area contributed by atoms with E-state index in [2.05, 4.69) is 10.4 Å². The van der Waals surface area contributed by atoms with E-state index < -0.39 is 63.6 Å². The normalized spacial score (nSPS) is 27.8. The summed E-state index contributed by atoms with van der Waals surface area (Å²) in [6.07, 6.45) is 2.06. The number of alkyl halides is 3. The molecular weight excluding hydrogens is 776 g/mol. The van der Waals surface area contributed by atoms with E-state index in [4.69, 9.17) is 32.7 Å². The second kappa shape index (κ2) is 14.0. The van der Waals surface area contributed by atoms with Crippen LogP contribution in [-0.2, 0) is 30.8 Å². The highest BCUT2D eigenvalue weighted by molar-refractivity contribution is 6.33. The highest BCUT2D eigenvalue weighted by Crippen LogP contribution is 2.66. The minimum Gasteiger partial charge on any atom is -0.508 e. The van der Waals surface area contributed by atoms with Gasteiger partial charge in [0.25, 0.3) is 11.8 Å². The number of nitrogens with one attached hydrogen (secondary N) is 1. The highest BCUT2D eigenvalue weighted by Gasteiger charge is 2.71. The smallest absolute Gasteiger partial charge is 0.417 e. The molecule has 4 amide bonds. The number of hydrogen-bond donors (Lipinski definition) is 2. The van der Waals surface area contributed by atoms with Crippen molar-refractivity contribution in [1.29, 1.82) is 0 Å². The molecule has 2 saturated carbocycles. The number of likely N-dealkylation sites (tertiary alicyclic amines) is 1. The number of carbonyl (C=O) groups excluding carboxylic acids is 4. The molecule has 0 radical (unpaired) electrons. The third-order valence-electron chi connectivity index (χ3n) is 12.3. The van der Waals surface area contributed by atoms with E-state index in [-0.39, 0.29) is 53.8 Å². The number of pyridine rings is 1. The number of phenols is 1. The Balaban J connectivity index is 1.34. The van der Waals surface area contributed by atoms with Gasteiger partial charge in [-0.15, -0.1) is 0 Å². The van der Waals surface area contributed by atoms with Crippen LogP contribution < -0.4 is 14.9 Å². The second-order valence-corrected chi connectivity index (χ2v) is 15.9. The first-order chi connectivity index (χ1) is 26.7. The van der Waals surface area contributed by atoms with Crippen molar-refractivity contribution in [2.75, 3.05) is 19.6 Å². The quantitative estimate of drug-likeness (QED) is 0.184. The number of methoxy groups -OCH3 is 2. The Morgan fingerprint density at radius 3 is 2.18 bits per heavy atom. The Morgan fingerprint density at radius 1 is 0.911 bits per heavy atom. The van der Waals surface area contributed by atoms with Gasteiger partial charge < -0.3 is 14.6 Å². The van der Waals surface area contributed by atoms with Gasteiger partial charge in [-0.05, 0) is 55.4 Å². The Bertz CT molecular complexity index is 2150. The molecule has 8 rings (SSSR count). The van der Waals surface area contributed by atoms with Gasteiger partial charge in [-0.2, -0.15) is 18.2 Å². The summed E-state index contributed by atoms with van der Waals surface area (Å²) in [6, 6.07) is 9.53. The Labute approximate surface area is 329 Å². The fourth-order valence-corrected chi connectivity index (χ4v) is 10.4. The van der Waals surface area contributed by atoms with Crippen molar-refractivity contribution in [1.82, 2.24) is 14.9 Å². The molecule has 6 unspecified atom stereocenters. The van der Waals surface area contributed by atoms with Crippen LogP contribution >= 0.6 is 23.2 Å². The van der Waals surface area contributed by atoms with Gasteiger partial charge in [0.15, 0.2) is 5.82 Å². The molecule has 6 atom stereocenters. The second-order valence-electron chi connectivity index (χ2n) is 15.0. The molecule has 4 fully saturated rings. The maximum Gasteiger partial charge on any atom is 0.417 e. The molecule has 2 saturated heterocycles. The number of phenolic OH excluding ortho intramolecular Hbond substituents is 1. The van der Waals surface area contributed by atoms with Gasteiger partial charge in [-0.25, -0.2) is 4.98 Å². The molecule has 2 aromatic carbocycles. The van der Waals surface area contributed by atoms with Crippen LogP contribution in [0.3, 0.4) is 0 Å². The van der Waals surface area contributed by atoms with Crippen molar-refractivity contribution in [3.63, 3.8) is 0 Å². The van der Waals surface area contributed by atoms with Gasteiger partial charge in [-0.3, -0.25) is 29.5 Å². The lowest BCUT2D eigenvalue weighted by atomic mass is 9.49. The lowest BCUT2D eigenvalue weighted by Crippen LogP contribution is -2.53. The SMILES string of the molecule is COc1cc(O)cc(OC)c1C1C2=CCC3C(=O)N(C4CCCCC4)C(=O)C3C2CC2C(=O)N(Nc3ncc(C(F)(F)F)cc3Cl)C(=O)C21c1ccc(Cl)cc1. The van der Waals surface area contributed by atoms with Crippen LogP contribution in [0.2, 0.25) is 10.0 Å². The van der Waals surface area contributed by atoms with Gasteiger partial charge in [0.05, 0.1) is 48.0 Å². The van der Waals surface area contributed by atoms with E-state index in [9.17, 15) is 32.7 Å². The lowest BCUT2D eigenvalue weighted by Gasteiger charge is -2.51. The zero-order valence-corrected chi connectivity index (χ0v) is 31.8. The Morgan fingerprint density at radius 2 is 1.57 bits per heavy atom. The van der Waals surface area contributed by atoms with E-state index in [1.54, 1.807) is 24.3 Å². The summed E-state index contributed by atoms with van der Waals surface area (Å²) in [5.74, 6) is -6.99.